The molecule has 7 nitrogen and oxygen atoms in total. The second-order valence-corrected chi connectivity index (χ2v) is 6.41. The van der Waals surface area contributed by atoms with Gasteiger partial charge in [-0.1, -0.05) is 18.2 Å². The first-order valence-electron chi connectivity index (χ1n) is 7.45. The quantitative estimate of drug-likeness (QED) is 0.458. The Kier molecular flexibility index (Phi) is 9.90. The summed E-state index contributed by atoms with van der Waals surface area (Å²) in [6.45, 7) is 0.479. The van der Waals surface area contributed by atoms with E-state index >= 15 is 0 Å². The number of benzene rings is 1. The number of amides is 1. The predicted molar refractivity (Wildman–Crippen MR) is 89.0 cm³/mol. The van der Waals surface area contributed by atoms with Crippen molar-refractivity contribution in [3.63, 3.8) is 0 Å². The van der Waals surface area contributed by atoms with Crippen LogP contribution in [0.1, 0.15) is 6.42 Å². The fraction of sp³-hybridized carbons (Fsp3) is 0.500. The number of methoxy groups -OCH3 is 2. The van der Waals surface area contributed by atoms with Crippen molar-refractivity contribution in [1.82, 2.24) is 5.32 Å². The second-order valence-electron chi connectivity index (χ2n) is 4.84. The number of rotatable bonds is 11. The van der Waals surface area contributed by atoms with Crippen LogP contribution < -0.4 is 5.32 Å². The Balaban J connectivity index is 2.49. The van der Waals surface area contributed by atoms with Gasteiger partial charge >= 0.3 is 5.97 Å². The summed E-state index contributed by atoms with van der Waals surface area (Å²) in [6.07, 6.45) is 0.206. The Morgan fingerprint density at radius 1 is 1.17 bits per heavy atom. The standard InChI is InChI=1S/C16H23NO6S/c1-21-9-10-23-12-15(18)17-14(16(19)22-2)8-11-24(20)13-6-4-3-5-7-13/h3-7,14H,8-12H2,1-2H3,(H,17,18)/t14-,24+/m1/s1. The summed E-state index contributed by atoms with van der Waals surface area (Å²) < 4.78 is 26.8. The van der Waals surface area contributed by atoms with E-state index in [2.05, 4.69) is 10.1 Å². The summed E-state index contributed by atoms with van der Waals surface area (Å²) in [7, 11) is 1.52. The molecule has 0 fully saturated rings. The molecule has 0 spiro atoms. The van der Waals surface area contributed by atoms with E-state index in [9.17, 15) is 13.8 Å². The lowest BCUT2D eigenvalue weighted by atomic mass is 10.2. The van der Waals surface area contributed by atoms with E-state index in [4.69, 9.17) is 9.47 Å². The molecule has 24 heavy (non-hydrogen) atoms. The van der Waals surface area contributed by atoms with E-state index < -0.39 is 28.7 Å². The molecule has 134 valence electrons. The topological polar surface area (TPSA) is 90.9 Å². The van der Waals surface area contributed by atoms with Gasteiger partial charge in [0.05, 0.1) is 31.1 Å². The Morgan fingerprint density at radius 3 is 2.50 bits per heavy atom. The molecule has 1 N–H and O–H groups in total. The van der Waals surface area contributed by atoms with Crippen LogP contribution in [-0.4, -0.2) is 61.9 Å². The molecule has 1 aromatic rings. The summed E-state index contributed by atoms with van der Waals surface area (Å²) in [5.74, 6) is -0.786. The highest BCUT2D eigenvalue weighted by molar-refractivity contribution is 7.85. The first-order valence-corrected chi connectivity index (χ1v) is 8.77. The van der Waals surface area contributed by atoms with Crippen LogP contribution in [0.3, 0.4) is 0 Å². The molecule has 0 saturated carbocycles. The minimum absolute atomic E-state index is 0.182. The lowest BCUT2D eigenvalue weighted by molar-refractivity contribution is -0.145. The normalized spacial score (nSPS) is 13.1. The molecule has 0 radical (unpaired) electrons. The zero-order valence-electron chi connectivity index (χ0n) is 13.9. The number of nitrogens with one attached hydrogen (secondary N) is 1. The smallest absolute Gasteiger partial charge is 0.328 e. The van der Waals surface area contributed by atoms with Gasteiger partial charge in [-0.05, 0) is 18.6 Å². The third-order valence-corrected chi connectivity index (χ3v) is 4.49. The highest BCUT2D eigenvalue weighted by atomic mass is 32.2. The maximum Gasteiger partial charge on any atom is 0.328 e. The summed E-state index contributed by atoms with van der Waals surface area (Å²) in [4.78, 5) is 24.2. The van der Waals surface area contributed by atoms with Crippen LogP contribution in [0.15, 0.2) is 35.2 Å². The fourth-order valence-electron chi connectivity index (χ4n) is 1.85. The van der Waals surface area contributed by atoms with Crippen LogP contribution in [0.2, 0.25) is 0 Å². The van der Waals surface area contributed by atoms with Crippen molar-refractivity contribution in [3.8, 4) is 0 Å². The molecule has 0 aliphatic heterocycles. The van der Waals surface area contributed by atoms with Crippen LogP contribution in [0.25, 0.3) is 0 Å². The maximum atomic E-state index is 12.2. The molecule has 1 aromatic carbocycles. The minimum Gasteiger partial charge on any atom is -0.467 e. The Morgan fingerprint density at radius 2 is 1.88 bits per heavy atom. The first kappa shape index (κ1) is 20.3. The lowest BCUT2D eigenvalue weighted by Gasteiger charge is -2.16. The van der Waals surface area contributed by atoms with Crippen LogP contribution in [-0.2, 0) is 34.6 Å². The van der Waals surface area contributed by atoms with E-state index in [0.717, 1.165) is 0 Å². The molecule has 0 bridgehead atoms. The third-order valence-electron chi connectivity index (χ3n) is 3.08. The van der Waals surface area contributed by atoms with E-state index in [1.54, 1.807) is 24.3 Å². The lowest BCUT2D eigenvalue weighted by Crippen LogP contribution is -2.44. The zero-order valence-corrected chi connectivity index (χ0v) is 14.7. The van der Waals surface area contributed by atoms with E-state index in [-0.39, 0.29) is 25.4 Å². The first-order chi connectivity index (χ1) is 11.6. The molecule has 0 aromatic heterocycles. The summed E-state index contributed by atoms with van der Waals surface area (Å²) >= 11 is 0. The molecule has 1 rings (SSSR count). The number of carbonyl (C=O) groups excluding carboxylic acids is 2. The molecular formula is C16H23NO6S. The maximum absolute atomic E-state index is 12.2. The van der Waals surface area contributed by atoms with Crippen LogP contribution in [0.5, 0.6) is 0 Å². The SMILES string of the molecule is COCCOCC(=O)N[C@H](CC[S@](=O)c1ccccc1)C(=O)OC. The highest BCUT2D eigenvalue weighted by Crippen LogP contribution is 2.08. The molecular weight excluding hydrogens is 334 g/mol. The Labute approximate surface area is 144 Å². The molecule has 8 heteroatoms. The highest BCUT2D eigenvalue weighted by Gasteiger charge is 2.22. The van der Waals surface area contributed by atoms with Crippen LogP contribution in [0.4, 0.5) is 0 Å². The Bertz CT molecular complexity index is 537. The Hall–Kier alpha value is -1.77. The van der Waals surface area contributed by atoms with Crippen molar-refractivity contribution >= 4 is 22.7 Å². The van der Waals surface area contributed by atoms with E-state index in [1.165, 1.54) is 14.2 Å². The van der Waals surface area contributed by atoms with Crippen LogP contribution in [0, 0.1) is 0 Å². The number of carbonyl (C=O) groups is 2. The monoisotopic (exact) mass is 357 g/mol. The predicted octanol–water partition coefficient (Wildman–Crippen LogP) is 0.505. The van der Waals surface area contributed by atoms with Gasteiger partial charge < -0.3 is 19.5 Å². The number of ether oxygens (including phenoxy) is 3. The van der Waals surface area contributed by atoms with Crippen molar-refractivity contribution in [2.45, 2.75) is 17.4 Å². The molecule has 0 unspecified atom stereocenters. The summed E-state index contributed by atoms with van der Waals surface area (Å²) in [6, 6.07) is 8.08. The van der Waals surface area contributed by atoms with Gasteiger partial charge in [0.2, 0.25) is 5.91 Å². The van der Waals surface area contributed by atoms with Gasteiger partial charge in [0.1, 0.15) is 12.6 Å². The van der Waals surface area contributed by atoms with Gasteiger partial charge in [-0.25, -0.2) is 4.79 Å². The molecule has 0 saturated heterocycles. The van der Waals surface area contributed by atoms with Crippen LogP contribution >= 0.6 is 0 Å². The molecule has 2 atom stereocenters. The fourth-order valence-corrected chi connectivity index (χ4v) is 3.00. The van der Waals surface area contributed by atoms with Gasteiger partial charge in [-0.3, -0.25) is 9.00 Å². The van der Waals surface area contributed by atoms with Gasteiger partial charge in [0.15, 0.2) is 0 Å². The van der Waals surface area contributed by atoms with Crippen molar-refractivity contribution in [2.75, 3.05) is 39.8 Å². The average molecular weight is 357 g/mol. The van der Waals surface area contributed by atoms with Gasteiger partial charge in [-0.15, -0.1) is 0 Å². The number of hydrogen-bond acceptors (Lipinski definition) is 6. The van der Waals surface area contributed by atoms with Gasteiger partial charge in [-0.2, -0.15) is 0 Å². The third kappa shape index (κ3) is 7.67. The van der Waals surface area contributed by atoms with Gasteiger partial charge in [0.25, 0.3) is 0 Å². The van der Waals surface area contributed by atoms with Crippen molar-refractivity contribution in [3.05, 3.63) is 30.3 Å². The van der Waals surface area contributed by atoms with E-state index in [1.807, 2.05) is 6.07 Å². The molecule has 0 aliphatic carbocycles. The van der Waals surface area contributed by atoms with Crippen molar-refractivity contribution in [2.24, 2.45) is 0 Å². The van der Waals surface area contributed by atoms with E-state index in [0.29, 0.717) is 11.5 Å². The molecule has 0 aliphatic rings. The number of hydrogen-bond donors (Lipinski definition) is 1. The van der Waals surface area contributed by atoms with Crippen molar-refractivity contribution < 1.29 is 28.0 Å². The number of esters is 1. The molecule has 0 heterocycles. The largest absolute Gasteiger partial charge is 0.467 e. The average Bonchev–Trinajstić information content (AvgIpc) is 2.62. The second kappa shape index (κ2) is 11.7. The minimum atomic E-state index is -1.25. The van der Waals surface area contributed by atoms with Crippen molar-refractivity contribution in [1.29, 1.82) is 0 Å². The summed E-state index contributed by atoms with van der Waals surface area (Å²) in [5, 5.41) is 2.54. The molecule has 1 amide bonds. The zero-order chi connectivity index (χ0) is 17.8. The van der Waals surface area contributed by atoms with Gasteiger partial charge in [0, 0.05) is 17.8 Å². The summed E-state index contributed by atoms with van der Waals surface area (Å²) in [5.41, 5.74) is 0.